The number of carbonyl (C=O) groups excluding carboxylic acids is 1. The number of hydrogen-bond acceptors (Lipinski definition) is 4. The molecule has 120 valence electrons. The number of nitrogens with zero attached hydrogens (tertiary/aromatic N) is 1. The van der Waals surface area contributed by atoms with Crippen LogP contribution in [-0.4, -0.2) is 16.9 Å². The van der Waals surface area contributed by atoms with Crippen LogP contribution in [0.25, 0.3) is 6.08 Å². The molecule has 0 bridgehead atoms. The van der Waals surface area contributed by atoms with Gasteiger partial charge in [-0.25, -0.2) is 4.79 Å². The number of rotatable bonds is 5. The molecule has 1 N–H and O–H groups in total. The van der Waals surface area contributed by atoms with E-state index in [4.69, 9.17) is 5.11 Å². The van der Waals surface area contributed by atoms with Crippen molar-refractivity contribution in [3.63, 3.8) is 0 Å². The zero-order valence-corrected chi connectivity index (χ0v) is 12.9. The third kappa shape index (κ3) is 3.15. The molecule has 0 saturated heterocycles. The summed E-state index contributed by atoms with van der Waals surface area (Å²) in [5.74, 6) is -0.986. The number of allylic oxidation sites excluding steroid dienone is 1. The second-order valence-electron chi connectivity index (χ2n) is 5.71. The first-order chi connectivity index (χ1) is 11.6. The number of fused-ring (bicyclic) bond motifs is 1. The number of carboxylic acids is 1. The lowest BCUT2D eigenvalue weighted by molar-refractivity contribution is -0.115. The monoisotopic (exact) mass is 321 g/mol. The van der Waals surface area contributed by atoms with Gasteiger partial charge < -0.3 is 5.11 Å². The zero-order chi connectivity index (χ0) is 17.1. The number of carboxylic acid groups (broad SMARTS) is 1. The summed E-state index contributed by atoms with van der Waals surface area (Å²) in [5, 5.41) is 12.0. The highest BCUT2D eigenvalue weighted by Gasteiger charge is 2.21. The van der Waals surface area contributed by atoms with Gasteiger partial charge >= 0.3 is 5.97 Å². The van der Waals surface area contributed by atoms with E-state index < -0.39 is 5.97 Å². The lowest BCUT2D eigenvalue weighted by atomic mass is 9.87. The van der Waals surface area contributed by atoms with Gasteiger partial charge in [0.25, 0.3) is 0 Å². The molecule has 0 saturated carbocycles. The minimum absolute atomic E-state index is 0.0204. The molecule has 0 aromatic heterocycles. The van der Waals surface area contributed by atoms with E-state index in [1.54, 1.807) is 36.4 Å². The Morgan fingerprint density at radius 2 is 1.92 bits per heavy atom. The molecule has 1 aliphatic rings. The van der Waals surface area contributed by atoms with Gasteiger partial charge in [-0.1, -0.05) is 24.3 Å². The van der Waals surface area contributed by atoms with Crippen LogP contribution in [-0.2, 0) is 17.6 Å². The van der Waals surface area contributed by atoms with Gasteiger partial charge in [-0.3, -0.25) is 4.79 Å². The summed E-state index contributed by atoms with van der Waals surface area (Å²) in [7, 11) is 0. The second kappa shape index (κ2) is 6.58. The highest BCUT2D eigenvalue weighted by molar-refractivity contribution is 6.04. The maximum Gasteiger partial charge on any atom is 0.335 e. The predicted molar refractivity (Wildman–Crippen MR) is 90.3 cm³/mol. The van der Waals surface area contributed by atoms with Crippen LogP contribution in [0.4, 0.5) is 5.69 Å². The lowest BCUT2D eigenvalue weighted by Crippen LogP contribution is -2.13. The van der Waals surface area contributed by atoms with E-state index in [1.165, 1.54) is 0 Å². The van der Waals surface area contributed by atoms with Gasteiger partial charge in [-0.15, -0.1) is 4.91 Å². The Hall–Kier alpha value is -3.08. The first-order valence-corrected chi connectivity index (χ1v) is 7.59. The lowest BCUT2D eigenvalue weighted by Gasteiger charge is -2.16. The van der Waals surface area contributed by atoms with Crippen LogP contribution in [0, 0.1) is 4.91 Å². The summed E-state index contributed by atoms with van der Waals surface area (Å²) in [6.07, 6.45) is 3.09. The van der Waals surface area contributed by atoms with E-state index >= 15 is 0 Å². The third-order valence-corrected chi connectivity index (χ3v) is 4.17. The van der Waals surface area contributed by atoms with E-state index in [-0.39, 0.29) is 17.8 Å². The summed E-state index contributed by atoms with van der Waals surface area (Å²) >= 11 is 0. The highest BCUT2D eigenvalue weighted by atomic mass is 16.4. The number of aryl methyl sites for hydroxylation is 1. The molecule has 0 spiro atoms. The van der Waals surface area contributed by atoms with Crippen LogP contribution in [0.15, 0.2) is 53.2 Å². The van der Waals surface area contributed by atoms with Gasteiger partial charge in [0.05, 0.1) is 5.56 Å². The minimum atomic E-state index is -0.965. The zero-order valence-electron chi connectivity index (χ0n) is 12.9. The van der Waals surface area contributed by atoms with Crippen LogP contribution in [0.1, 0.15) is 33.5 Å². The molecule has 0 fully saturated rings. The van der Waals surface area contributed by atoms with E-state index in [0.29, 0.717) is 29.7 Å². The highest BCUT2D eigenvalue weighted by Crippen LogP contribution is 2.31. The van der Waals surface area contributed by atoms with Crippen molar-refractivity contribution in [2.45, 2.75) is 19.3 Å². The molecule has 1 aliphatic carbocycles. The van der Waals surface area contributed by atoms with E-state index in [2.05, 4.69) is 5.18 Å². The van der Waals surface area contributed by atoms with Crippen molar-refractivity contribution < 1.29 is 14.7 Å². The Morgan fingerprint density at radius 1 is 1.12 bits per heavy atom. The van der Waals surface area contributed by atoms with Crippen molar-refractivity contribution in [1.82, 2.24) is 0 Å². The molecule has 2 aromatic carbocycles. The standard InChI is InChI=1S/C19H15NO4/c21-18-11-16-13(4-2-6-17(16)20-24)10-14(18)8-7-12-3-1-5-15(9-12)19(22)23/h1-6,9-10H,7-8,11H2,(H,22,23). The Balaban J connectivity index is 1.81. The first kappa shape index (κ1) is 15.8. The number of Topliss-reactive ketones (excluding diaryl/α,β-unsaturated/α-hetero) is 1. The molecule has 0 unspecified atom stereocenters. The average molecular weight is 321 g/mol. The third-order valence-electron chi connectivity index (χ3n) is 4.17. The average Bonchev–Trinajstić information content (AvgIpc) is 2.59. The Morgan fingerprint density at radius 3 is 2.67 bits per heavy atom. The summed E-state index contributed by atoms with van der Waals surface area (Å²) in [6, 6.07) is 11.9. The second-order valence-corrected chi connectivity index (χ2v) is 5.71. The number of hydrogen-bond donors (Lipinski definition) is 1. The van der Waals surface area contributed by atoms with Crippen molar-refractivity contribution >= 4 is 23.5 Å². The van der Waals surface area contributed by atoms with Crippen molar-refractivity contribution in [3.05, 3.63) is 75.2 Å². The Labute approximate surface area is 138 Å². The fraction of sp³-hybridized carbons (Fsp3) is 0.158. The molecule has 0 atom stereocenters. The Kier molecular flexibility index (Phi) is 4.33. The van der Waals surface area contributed by atoms with Crippen LogP contribution < -0.4 is 0 Å². The van der Waals surface area contributed by atoms with Crippen LogP contribution in [0.2, 0.25) is 0 Å². The van der Waals surface area contributed by atoms with Crippen molar-refractivity contribution in [2.75, 3.05) is 0 Å². The van der Waals surface area contributed by atoms with Gasteiger partial charge in [0, 0.05) is 6.42 Å². The van der Waals surface area contributed by atoms with Gasteiger partial charge in [-0.05, 0) is 64.6 Å². The van der Waals surface area contributed by atoms with Crippen LogP contribution in [0.3, 0.4) is 0 Å². The molecule has 0 radical (unpaired) electrons. The topological polar surface area (TPSA) is 83.8 Å². The van der Waals surface area contributed by atoms with Crippen LogP contribution in [0.5, 0.6) is 0 Å². The molecular weight excluding hydrogens is 306 g/mol. The predicted octanol–water partition coefficient (Wildman–Crippen LogP) is 3.92. The molecule has 0 aliphatic heterocycles. The molecule has 0 amide bonds. The van der Waals surface area contributed by atoms with Gasteiger partial charge in [0.15, 0.2) is 5.78 Å². The maximum atomic E-state index is 12.3. The molecule has 3 rings (SSSR count). The number of nitroso groups, excluding NO2 is 1. The number of carbonyl (C=O) groups is 2. The number of benzene rings is 2. The molecular formula is C19H15NO4. The van der Waals surface area contributed by atoms with E-state index in [9.17, 15) is 14.5 Å². The molecule has 5 nitrogen and oxygen atoms in total. The SMILES string of the molecule is O=Nc1cccc2c1CC(=O)C(CCc1cccc(C(=O)O)c1)=C2. The summed E-state index contributed by atoms with van der Waals surface area (Å²) in [6.45, 7) is 0. The first-order valence-electron chi connectivity index (χ1n) is 7.59. The summed E-state index contributed by atoms with van der Waals surface area (Å²) < 4.78 is 0. The Bertz CT molecular complexity index is 867. The van der Waals surface area contributed by atoms with Crippen molar-refractivity contribution in [3.8, 4) is 0 Å². The number of aromatic carboxylic acids is 1. The summed E-state index contributed by atoms with van der Waals surface area (Å²) in [5.41, 5.74) is 3.63. The quantitative estimate of drug-likeness (QED) is 0.846. The van der Waals surface area contributed by atoms with Crippen molar-refractivity contribution in [1.29, 1.82) is 0 Å². The van der Waals surface area contributed by atoms with Gasteiger partial charge in [0.1, 0.15) is 5.69 Å². The fourth-order valence-electron chi connectivity index (χ4n) is 2.90. The molecule has 2 aromatic rings. The number of ketones is 1. The van der Waals surface area contributed by atoms with Gasteiger partial charge in [-0.2, -0.15) is 0 Å². The molecule has 5 heteroatoms. The van der Waals surface area contributed by atoms with E-state index in [1.807, 2.05) is 12.1 Å². The maximum absolute atomic E-state index is 12.3. The fourth-order valence-corrected chi connectivity index (χ4v) is 2.90. The smallest absolute Gasteiger partial charge is 0.335 e. The van der Waals surface area contributed by atoms with Crippen molar-refractivity contribution in [2.24, 2.45) is 5.18 Å². The van der Waals surface area contributed by atoms with Gasteiger partial charge in [0.2, 0.25) is 0 Å². The molecule has 24 heavy (non-hydrogen) atoms. The minimum Gasteiger partial charge on any atom is -0.478 e. The summed E-state index contributed by atoms with van der Waals surface area (Å²) in [4.78, 5) is 34.2. The largest absolute Gasteiger partial charge is 0.478 e. The normalized spacial score (nSPS) is 13.2. The van der Waals surface area contributed by atoms with E-state index in [0.717, 1.165) is 11.1 Å². The molecule has 0 heterocycles. The van der Waals surface area contributed by atoms with Crippen LogP contribution >= 0.6 is 0 Å².